The van der Waals surface area contributed by atoms with Crippen molar-refractivity contribution in [2.45, 2.75) is 13.5 Å². The smallest absolute Gasteiger partial charge is 0.251 e. The van der Waals surface area contributed by atoms with E-state index >= 15 is 0 Å². The summed E-state index contributed by atoms with van der Waals surface area (Å²) in [6.45, 7) is 3.06. The Hall–Kier alpha value is -2.29. The Morgan fingerprint density at radius 3 is 2.37 bits per heavy atom. The predicted octanol–water partition coefficient (Wildman–Crippen LogP) is 3.02. The summed E-state index contributed by atoms with van der Waals surface area (Å²) in [5.41, 5.74) is 1.77. The Bertz CT molecular complexity index is 520. The van der Waals surface area contributed by atoms with E-state index in [-0.39, 0.29) is 5.91 Å². The van der Waals surface area contributed by atoms with Crippen molar-refractivity contribution in [2.75, 3.05) is 6.54 Å². The summed E-state index contributed by atoms with van der Waals surface area (Å²) in [7, 11) is 0. The van der Waals surface area contributed by atoms with Crippen LogP contribution in [0, 0.1) is 0 Å². The van der Waals surface area contributed by atoms with Crippen LogP contribution in [0.3, 0.4) is 0 Å². The fourth-order valence-corrected chi connectivity index (χ4v) is 1.71. The molecule has 0 aliphatic heterocycles. The molecule has 0 radical (unpaired) electrons. The van der Waals surface area contributed by atoms with Crippen LogP contribution in [0.4, 0.5) is 0 Å². The van der Waals surface area contributed by atoms with Gasteiger partial charge in [-0.2, -0.15) is 0 Å². The monoisotopic (exact) mass is 255 g/mol. The molecule has 0 saturated heterocycles. The van der Waals surface area contributed by atoms with E-state index < -0.39 is 0 Å². The Labute approximate surface area is 113 Å². The number of ether oxygens (including phenoxy) is 1. The molecule has 2 aromatic carbocycles. The topological polar surface area (TPSA) is 38.3 Å². The molecule has 1 N–H and O–H groups in total. The molecule has 2 rings (SSSR count). The Balaban J connectivity index is 1.94. The van der Waals surface area contributed by atoms with Crippen LogP contribution in [-0.4, -0.2) is 12.5 Å². The van der Waals surface area contributed by atoms with Gasteiger partial charge < -0.3 is 10.1 Å². The van der Waals surface area contributed by atoms with Crippen molar-refractivity contribution >= 4 is 5.91 Å². The van der Waals surface area contributed by atoms with Crippen molar-refractivity contribution in [3.63, 3.8) is 0 Å². The van der Waals surface area contributed by atoms with E-state index in [1.54, 1.807) is 12.1 Å². The van der Waals surface area contributed by atoms with Crippen LogP contribution >= 0.6 is 0 Å². The summed E-state index contributed by atoms with van der Waals surface area (Å²) in [6.07, 6.45) is 0. The van der Waals surface area contributed by atoms with Gasteiger partial charge >= 0.3 is 0 Å². The minimum atomic E-state index is -0.0582. The van der Waals surface area contributed by atoms with Crippen LogP contribution in [0.15, 0.2) is 54.6 Å². The lowest BCUT2D eigenvalue weighted by Gasteiger charge is -2.07. The van der Waals surface area contributed by atoms with Gasteiger partial charge in [0.1, 0.15) is 12.4 Å². The highest BCUT2D eigenvalue weighted by Crippen LogP contribution is 2.14. The number of carbonyl (C=O) groups is 1. The van der Waals surface area contributed by atoms with Crippen LogP contribution in [0.25, 0.3) is 0 Å². The average Bonchev–Trinajstić information content (AvgIpc) is 2.47. The number of benzene rings is 2. The van der Waals surface area contributed by atoms with Crippen molar-refractivity contribution in [2.24, 2.45) is 0 Å². The van der Waals surface area contributed by atoms with E-state index in [4.69, 9.17) is 4.74 Å². The van der Waals surface area contributed by atoms with Crippen LogP contribution in [0.2, 0.25) is 0 Å². The number of rotatable bonds is 5. The fourth-order valence-electron chi connectivity index (χ4n) is 1.71. The maximum Gasteiger partial charge on any atom is 0.251 e. The lowest BCUT2D eigenvalue weighted by Crippen LogP contribution is -2.22. The summed E-state index contributed by atoms with van der Waals surface area (Å²) < 4.78 is 5.66. The highest BCUT2D eigenvalue weighted by Gasteiger charge is 2.03. The normalized spacial score (nSPS) is 9.95. The van der Waals surface area contributed by atoms with E-state index in [1.165, 1.54) is 0 Å². The van der Waals surface area contributed by atoms with Gasteiger partial charge in [0, 0.05) is 12.1 Å². The molecule has 2 aromatic rings. The first-order valence-electron chi connectivity index (χ1n) is 6.34. The molecular weight excluding hydrogens is 238 g/mol. The maximum absolute atomic E-state index is 11.6. The predicted molar refractivity (Wildman–Crippen MR) is 75.2 cm³/mol. The summed E-state index contributed by atoms with van der Waals surface area (Å²) in [4.78, 5) is 11.6. The van der Waals surface area contributed by atoms with Gasteiger partial charge in [0.05, 0.1) is 0 Å². The number of nitrogens with one attached hydrogen (secondary N) is 1. The second-order valence-corrected chi connectivity index (χ2v) is 4.16. The van der Waals surface area contributed by atoms with Crippen molar-refractivity contribution in [3.05, 3.63) is 65.7 Å². The van der Waals surface area contributed by atoms with Gasteiger partial charge in [-0.3, -0.25) is 4.79 Å². The molecule has 0 bridgehead atoms. The van der Waals surface area contributed by atoms with Gasteiger partial charge in [-0.1, -0.05) is 30.3 Å². The molecule has 0 atom stereocenters. The standard InChI is InChI=1S/C16H17NO2/c1-2-17-16(18)14-8-10-15(11-9-14)19-12-13-6-4-3-5-7-13/h3-11H,2,12H2,1H3,(H,17,18). The van der Waals surface area contributed by atoms with E-state index in [9.17, 15) is 4.79 Å². The summed E-state index contributed by atoms with van der Waals surface area (Å²) in [6, 6.07) is 17.1. The molecule has 3 heteroatoms. The highest BCUT2D eigenvalue weighted by atomic mass is 16.5. The van der Waals surface area contributed by atoms with E-state index in [0.717, 1.165) is 11.3 Å². The molecule has 0 spiro atoms. The van der Waals surface area contributed by atoms with Gasteiger partial charge in [0.2, 0.25) is 0 Å². The lowest BCUT2D eigenvalue weighted by molar-refractivity contribution is 0.0956. The number of amides is 1. The maximum atomic E-state index is 11.6. The van der Waals surface area contributed by atoms with Gasteiger partial charge in [-0.05, 0) is 36.8 Å². The van der Waals surface area contributed by atoms with Gasteiger partial charge in [-0.15, -0.1) is 0 Å². The third kappa shape index (κ3) is 3.85. The van der Waals surface area contributed by atoms with Crippen LogP contribution in [-0.2, 0) is 6.61 Å². The second kappa shape index (κ2) is 6.59. The largest absolute Gasteiger partial charge is 0.489 e. The van der Waals surface area contributed by atoms with Gasteiger partial charge in [0.25, 0.3) is 5.91 Å². The first kappa shape index (κ1) is 13.1. The molecule has 0 aromatic heterocycles. The first-order chi connectivity index (χ1) is 9.29. The highest BCUT2D eigenvalue weighted by molar-refractivity contribution is 5.94. The zero-order valence-electron chi connectivity index (χ0n) is 10.9. The van der Waals surface area contributed by atoms with Crippen molar-refractivity contribution in [3.8, 4) is 5.75 Å². The first-order valence-corrected chi connectivity index (χ1v) is 6.34. The van der Waals surface area contributed by atoms with Gasteiger partial charge in [0.15, 0.2) is 0 Å². The van der Waals surface area contributed by atoms with Gasteiger partial charge in [-0.25, -0.2) is 0 Å². The van der Waals surface area contributed by atoms with Crippen LogP contribution in [0.1, 0.15) is 22.8 Å². The van der Waals surface area contributed by atoms with Crippen LogP contribution in [0.5, 0.6) is 5.75 Å². The summed E-state index contributed by atoms with van der Waals surface area (Å²) >= 11 is 0. The Morgan fingerprint density at radius 2 is 1.74 bits per heavy atom. The zero-order chi connectivity index (χ0) is 13.5. The molecule has 0 fully saturated rings. The third-order valence-corrected chi connectivity index (χ3v) is 2.70. The third-order valence-electron chi connectivity index (χ3n) is 2.70. The molecule has 3 nitrogen and oxygen atoms in total. The molecule has 1 amide bonds. The molecule has 0 unspecified atom stereocenters. The molecule has 0 aliphatic rings. The quantitative estimate of drug-likeness (QED) is 0.892. The molecule has 0 heterocycles. The number of hydrogen-bond donors (Lipinski definition) is 1. The Morgan fingerprint density at radius 1 is 1.05 bits per heavy atom. The van der Waals surface area contributed by atoms with E-state index in [1.807, 2.05) is 49.4 Å². The van der Waals surface area contributed by atoms with Crippen molar-refractivity contribution in [1.29, 1.82) is 0 Å². The van der Waals surface area contributed by atoms with Crippen molar-refractivity contribution < 1.29 is 9.53 Å². The number of hydrogen-bond acceptors (Lipinski definition) is 2. The SMILES string of the molecule is CCNC(=O)c1ccc(OCc2ccccc2)cc1. The lowest BCUT2D eigenvalue weighted by atomic mass is 10.2. The van der Waals surface area contributed by atoms with E-state index in [2.05, 4.69) is 5.32 Å². The number of carbonyl (C=O) groups excluding carboxylic acids is 1. The Kier molecular flexibility index (Phi) is 4.56. The fraction of sp³-hybridized carbons (Fsp3) is 0.188. The van der Waals surface area contributed by atoms with Crippen molar-refractivity contribution in [1.82, 2.24) is 5.32 Å². The molecular formula is C16H17NO2. The second-order valence-electron chi connectivity index (χ2n) is 4.16. The molecule has 0 saturated carbocycles. The minimum Gasteiger partial charge on any atom is -0.489 e. The van der Waals surface area contributed by atoms with Crippen LogP contribution < -0.4 is 10.1 Å². The molecule has 19 heavy (non-hydrogen) atoms. The summed E-state index contributed by atoms with van der Waals surface area (Å²) in [5.74, 6) is 0.703. The zero-order valence-corrected chi connectivity index (χ0v) is 10.9. The summed E-state index contributed by atoms with van der Waals surface area (Å²) in [5, 5.41) is 2.76. The average molecular weight is 255 g/mol. The minimum absolute atomic E-state index is 0.0582. The molecule has 0 aliphatic carbocycles. The van der Waals surface area contributed by atoms with E-state index in [0.29, 0.717) is 18.7 Å². The molecule has 98 valence electrons.